The van der Waals surface area contributed by atoms with E-state index in [-0.39, 0.29) is 45.5 Å². The molecule has 4 aromatic rings. The summed E-state index contributed by atoms with van der Waals surface area (Å²) in [6.07, 6.45) is 0. The predicted octanol–water partition coefficient (Wildman–Crippen LogP) is 10.8. The van der Waals surface area contributed by atoms with Crippen molar-refractivity contribution in [3.8, 4) is 0 Å². The maximum absolute atomic E-state index is 5.41. The van der Waals surface area contributed by atoms with Crippen LogP contribution in [0.2, 0.25) is 52.4 Å². The van der Waals surface area contributed by atoms with E-state index in [1.54, 1.807) is 0 Å². The van der Waals surface area contributed by atoms with Gasteiger partial charge < -0.3 is 9.30 Å². The van der Waals surface area contributed by atoms with E-state index in [2.05, 4.69) is 174 Å². The number of hydrogen-bond acceptors (Lipinski definition) is 0. The summed E-state index contributed by atoms with van der Waals surface area (Å²) in [6, 6.07) is 47.9. The zero-order valence-electron chi connectivity index (χ0n) is 28.2. The van der Waals surface area contributed by atoms with Crippen molar-refractivity contribution in [1.82, 2.24) is 0 Å². The van der Waals surface area contributed by atoms with Gasteiger partial charge in [-0.2, -0.15) is 0 Å². The largest absolute Gasteiger partial charge is 0.667 e. The minimum absolute atomic E-state index is 0. The molecule has 0 saturated heterocycles. The molecule has 0 aliphatic carbocycles. The van der Waals surface area contributed by atoms with Crippen molar-refractivity contribution in [2.24, 2.45) is 0 Å². The first-order valence-electron chi connectivity index (χ1n) is 15.4. The minimum Gasteiger partial charge on any atom is -0.667 e. The molecule has 0 saturated carbocycles. The molecule has 0 spiro atoms. The monoisotopic (exact) mass is 786 g/mol. The first-order valence-corrected chi connectivity index (χ1v) is 28.0. The third kappa shape index (κ3) is 16.5. The van der Waals surface area contributed by atoms with Crippen LogP contribution in [0.5, 0.6) is 0 Å². The van der Waals surface area contributed by atoms with Crippen LogP contribution in [0.1, 0.15) is 22.3 Å². The van der Waals surface area contributed by atoms with Gasteiger partial charge in [0.2, 0.25) is 0 Å². The molecule has 0 heterocycles. The van der Waals surface area contributed by atoms with Crippen LogP contribution in [0, 0.1) is 40.8 Å². The van der Waals surface area contributed by atoms with Crippen molar-refractivity contribution in [3.63, 3.8) is 0 Å². The molecule has 0 aliphatic rings. The van der Waals surface area contributed by atoms with Gasteiger partial charge in [-0.3, -0.25) is 4.70 Å². The molecule has 0 fully saturated rings. The van der Waals surface area contributed by atoms with E-state index in [4.69, 9.17) is 9.30 Å². The Labute approximate surface area is 305 Å². The third-order valence-corrected chi connectivity index (χ3v) is 21.9. The van der Waals surface area contributed by atoms with Crippen LogP contribution in [0.25, 0.3) is 9.30 Å². The molecule has 0 atom stereocenters. The predicted molar refractivity (Wildman–Crippen MR) is 200 cm³/mol. The maximum atomic E-state index is 5.41. The van der Waals surface area contributed by atoms with Gasteiger partial charge in [-0.15, -0.1) is 0 Å². The van der Waals surface area contributed by atoms with Gasteiger partial charge in [0.05, 0.1) is 0 Å². The third-order valence-electron chi connectivity index (χ3n) is 7.13. The molecule has 0 bridgehead atoms. The van der Waals surface area contributed by atoms with Gasteiger partial charge in [0.15, 0.2) is 0 Å². The maximum Gasteiger partial charge on any atom is 0 e. The standard InChI is InChI=1S/2C18H26NSi2.FH.Nd/c2*1-20(2,15-17-11-7-5-8-12-17)19-21(3,4)16-18-13-9-6-10-14-18;;/h2*5-14H,15-16H2,1-4H3;1H;/q2*-1;;. The Hall–Kier alpha value is -1.05. The van der Waals surface area contributed by atoms with Gasteiger partial charge in [-0.25, -0.2) is 0 Å². The summed E-state index contributed by atoms with van der Waals surface area (Å²) >= 11 is 0. The van der Waals surface area contributed by atoms with Crippen LogP contribution in [-0.4, -0.2) is 32.9 Å². The van der Waals surface area contributed by atoms with Crippen molar-refractivity contribution >= 4 is 32.9 Å². The van der Waals surface area contributed by atoms with E-state index in [1.165, 1.54) is 22.3 Å². The summed E-state index contributed by atoms with van der Waals surface area (Å²) in [7, 11) is -6.19. The normalized spacial score (nSPS) is 11.8. The molecule has 0 N–H and O–H groups in total. The molecule has 0 aromatic heterocycles. The van der Waals surface area contributed by atoms with Crippen LogP contribution in [-0.2, 0) is 24.2 Å². The van der Waals surface area contributed by atoms with E-state index in [0.717, 1.165) is 24.2 Å². The molecule has 0 unspecified atom stereocenters. The molecule has 8 heteroatoms. The van der Waals surface area contributed by atoms with Crippen molar-refractivity contribution in [3.05, 3.63) is 153 Å². The van der Waals surface area contributed by atoms with Crippen LogP contribution < -0.4 is 0 Å². The van der Waals surface area contributed by atoms with E-state index >= 15 is 0 Å². The summed E-state index contributed by atoms with van der Waals surface area (Å²) in [6.45, 7) is 19.2. The first-order chi connectivity index (χ1) is 19.7. The Morgan fingerprint density at radius 2 is 0.500 bits per heavy atom. The molecular formula is C36H53FN2NdSi4-2. The zero-order chi connectivity index (χ0) is 30.7. The second-order valence-electron chi connectivity index (χ2n) is 14.1. The molecule has 236 valence electrons. The Morgan fingerprint density at radius 1 is 0.341 bits per heavy atom. The van der Waals surface area contributed by atoms with Crippen LogP contribution >= 0.6 is 0 Å². The van der Waals surface area contributed by atoms with Crippen LogP contribution in [0.4, 0.5) is 4.70 Å². The second kappa shape index (κ2) is 18.9. The average molecular weight is 789 g/mol. The molecule has 4 rings (SSSR count). The summed E-state index contributed by atoms with van der Waals surface area (Å²) in [5.41, 5.74) is 5.73. The zero-order valence-corrected chi connectivity index (χ0v) is 35.4. The Morgan fingerprint density at radius 3 is 0.659 bits per heavy atom. The Bertz CT molecular complexity index is 1120. The molecular weight excluding hydrogens is 736 g/mol. The SMILES string of the molecule is C[Si](C)(Cc1ccccc1)[N-][Si](C)(C)Cc1ccccc1.C[Si](C)(Cc1ccccc1)[N-][Si](C)(C)Cc1ccccc1.F.[Nd]. The number of halogens is 1. The van der Waals surface area contributed by atoms with Crippen molar-refractivity contribution in [1.29, 1.82) is 0 Å². The average Bonchev–Trinajstić information content (AvgIpc) is 2.89. The molecule has 0 amide bonds. The quantitative estimate of drug-likeness (QED) is 0.128. The summed E-state index contributed by atoms with van der Waals surface area (Å²) in [5.74, 6) is 0. The fourth-order valence-electron chi connectivity index (χ4n) is 6.18. The van der Waals surface area contributed by atoms with Crippen LogP contribution in [0.15, 0.2) is 121 Å². The minimum atomic E-state index is -1.55. The van der Waals surface area contributed by atoms with E-state index in [9.17, 15) is 0 Å². The fraction of sp³-hybridized carbons (Fsp3) is 0.333. The Balaban J connectivity index is 0.000000421. The molecule has 4 aromatic carbocycles. The van der Waals surface area contributed by atoms with E-state index in [0.29, 0.717) is 0 Å². The van der Waals surface area contributed by atoms with Crippen molar-refractivity contribution in [2.75, 3.05) is 0 Å². The first kappa shape index (κ1) is 41.0. The van der Waals surface area contributed by atoms with Gasteiger partial charge in [-0.1, -0.05) is 253 Å². The smallest absolute Gasteiger partial charge is 0 e. The Kier molecular flexibility index (Phi) is 17.6. The number of rotatable bonds is 12. The number of hydrogen-bond donors (Lipinski definition) is 0. The number of nitrogens with zero attached hydrogens (tertiary/aromatic N) is 2. The number of benzene rings is 4. The van der Waals surface area contributed by atoms with Gasteiger partial charge in [0.1, 0.15) is 0 Å². The second-order valence-corrected chi connectivity index (χ2v) is 31.8. The fourth-order valence-corrected chi connectivity index (χ4v) is 25.5. The van der Waals surface area contributed by atoms with E-state index < -0.39 is 32.9 Å². The van der Waals surface area contributed by atoms with Crippen molar-refractivity contribution < 1.29 is 45.5 Å². The van der Waals surface area contributed by atoms with Crippen molar-refractivity contribution in [2.45, 2.75) is 76.6 Å². The van der Waals surface area contributed by atoms with Gasteiger partial charge in [0, 0.05) is 40.8 Å². The molecule has 0 aliphatic heterocycles. The molecule has 2 nitrogen and oxygen atoms in total. The summed E-state index contributed by atoms with van der Waals surface area (Å²) in [4.78, 5) is 0. The van der Waals surface area contributed by atoms with Gasteiger partial charge in [0.25, 0.3) is 0 Å². The molecule has 44 heavy (non-hydrogen) atoms. The van der Waals surface area contributed by atoms with Crippen LogP contribution in [0.3, 0.4) is 0 Å². The van der Waals surface area contributed by atoms with E-state index in [1.807, 2.05) is 0 Å². The summed E-state index contributed by atoms with van der Waals surface area (Å²) in [5, 5.41) is 0. The topological polar surface area (TPSA) is 28.2 Å². The van der Waals surface area contributed by atoms with Gasteiger partial charge >= 0.3 is 0 Å². The van der Waals surface area contributed by atoms with Gasteiger partial charge in [-0.05, 0) is 0 Å². The molecule has 0 radical (unpaired) electrons. The summed E-state index contributed by atoms with van der Waals surface area (Å²) < 4.78 is 10.8.